The molecule has 0 aliphatic carbocycles. The Labute approximate surface area is 126 Å². The van der Waals surface area contributed by atoms with E-state index in [-0.39, 0.29) is 5.91 Å². The summed E-state index contributed by atoms with van der Waals surface area (Å²) < 4.78 is 0. The van der Waals surface area contributed by atoms with E-state index in [9.17, 15) is 4.79 Å². The first-order valence-electron chi connectivity index (χ1n) is 6.43. The van der Waals surface area contributed by atoms with Crippen molar-refractivity contribution in [3.05, 3.63) is 64.9 Å². The second-order valence-corrected chi connectivity index (χ2v) is 5.02. The average molecular weight is 298 g/mol. The molecule has 1 aromatic carbocycles. The maximum Gasteiger partial charge on any atom is 0.257 e. The van der Waals surface area contributed by atoms with E-state index in [2.05, 4.69) is 15.3 Å². The molecule has 1 N–H and O–H groups in total. The number of rotatable bonds is 2. The molecule has 3 aromatic rings. The number of nitrogens with zero attached hydrogens (tertiary/aromatic N) is 2. The molecule has 3 rings (SSSR count). The third-order valence-corrected chi connectivity index (χ3v) is 3.38. The summed E-state index contributed by atoms with van der Waals surface area (Å²) in [5, 5.41) is 3.94. The zero-order valence-electron chi connectivity index (χ0n) is 11.3. The fourth-order valence-corrected chi connectivity index (χ4v) is 2.32. The third-order valence-electron chi connectivity index (χ3n) is 3.08. The van der Waals surface area contributed by atoms with Gasteiger partial charge in [0.05, 0.1) is 16.1 Å². The van der Waals surface area contributed by atoms with Crippen molar-refractivity contribution in [2.75, 3.05) is 5.32 Å². The van der Waals surface area contributed by atoms with Crippen LogP contribution >= 0.6 is 11.6 Å². The minimum atomic E-state index is -0.252. The van der Waals surface area contributed by atoms with Crippen LogP contribution in [0, 0.1) is 6.92 Å². The van der Waals surface area contributed by atoms with E-state index in [0.29, 0.717) is 16.4 Å². The van der Waals surface area contributed by atoms with E-state index >= 15 is 0 Å². The number of hydrogen-bond acceptors (Lipinski definition) is 3. The zero-order valence-corrected chi connectivity index (χ0v) is 12.1. The van der Waals surface area contributed by atoms with Crippen molar-refractivity contribution in [1.82, 2.24) is 9.97 Å². The molecule has 21 heavy (non-hydrogen) atoms. The highest BCUT2D eigenvalue weighted by atomic mass is 35.5. The maximum absolute atomic E-state index is 12.5. The number of fused-ring (bicyclic) bond motifs is 1. The van der Waals surface area contributed by atoms with Crippen LogP contribution in [-0.2, 0) is 0 Å². The van der Waals surface area contributed by atoms with Gasteiger partial charge in [-0.15, -0.1) is 0 Å². The number of nitrogens with one attached hydrogen (secondary N) is 1. The predicted molar refractivity (Wildman–Crippen MR) is 83.7 cm³/mol. The smallest absolute Gasteiger partial charge is 0.257 e. The summed E-state index contributed by atoms with van der Waals surface area (Å²) in [6, 6.07) is 12.7. The van der Waals surface area contributed by atoms with E-state index < -0.39 is 0 Å². The van der Waals surface area contributed by atoms with Gasteiger partial charge in [0.25, 0.3) is 5.91 Å². The molecule has 2 aromatic heterocycles. The molecule has 0 atom stereocenters. The van der Waals surface area contributed by atoms with Gasteiger partial charge < -0.3 is 5.32 Å². The number of carbonyl (C=O) groups excluding carboxylic acids is 1. The molecule has 0 saturated heterocycles. The molecule has 0 bridgehead atoms. The average Bonchev–Trinajstić information content (AvgIpc) is 2.48. The number of halogens is 1. The Kier molecular flexibility index (Phi) is 3.54. The molecule has 104 valence electrons. The quantitative estimate of drug-likeness (QED) is 0.782. The number of benzene rings is 1. The van der Waals surface area contributed by atoms with Crippen molar-refractivity contribution in [2.45, 2.75) is 6.92 Å². The van der Waals surface area contributed by atoms with Crippen LogP contribution in [0.25, 0.3) is 10.9 Å². The number of amides is 1. The number of anilines is 1. The number of hydrogen-bond donors (Lipinski definition) is 1. The summed E-state index contributed by atoms with van der Waals surface area (Å²) in [6.07, 6.45) is 1.58. The van der Waals surface area contributed by atoms with E-state index in [1.54, 1.807) is 24.4 Å². The van der Waals surface area contributed by atoms with Crippen molar-refractivity contribution < 1.29 is 4.79 Å². The van der Waals surface area contributed by atoms with Gasteiger partial charge in [-0.2, -0.15) is 0 Å². The predicted octanol–water partition coefficient (Wildman–Crippen LogP) is 3.84. The van der Waals surface area contributed by atoms with Crippen LogP contribution in [-0.4, -0.2) is 15.9 Å². The molecule has 0 saturated carbocycles. The summed E-state index contributed by atoms with van der Waals surface area (Å²) in [5.74, 6) is 0.0972. The Bertz CT molecular complexity index is 833. The van der Waals surface area contributed by atoms with E-state index in [0.717, 1.165) is 16.6 Å². The van der Waals surface area contributed by atoms with E-state index in [1.807, 2.05) is 31.2 Å². The fraction of sp³-hybridized carbons (Fsp3) is 0.0625. The number of pyridine rings is 2. The molecule has 5 heteroatoms. The first-order valence-corrected chi connectivity index (χ1v) is 6.81. The van der Waals surface area contributed by atoms with Crippen LogP contribution < -0.4 is 5.32 Å². The molecule has 4 nitrogen and oxygen atoms in total. The second kappa shape index (κ2) is 5.50. The van der Waals surface area contributed by atoms with Crippen molar-refractivity contribution in [3.63, 3.8) is 0 Å². The summed E-state index contributed by atoms with van der Waals surface area (Å²) in [5.41, 5.74) is 2.13. The van der Waals surface area contributed by atoms with Crippen LogP contribution in [0.1, 0.15) is 16.1 Å². The summed E-state index contributed by atoms with van der Waals surface area (Å²) in [6.45, 7) is 1.86. The summed E-state index contributed by atoms with van der Waals surface area (Å²) >= 11 is 6.02. The lowest BCUT2D eigenvalue weighted by molar-refractivity contribution is 0.102. The molecule has 0 spiro atoms. The number of carbonyl (C=O) groups is 1. The molecule has 2 heterocycles. The Morgan fingerprint density at radius 2 is 2.00 bits per heavy atom. The van der Waals surface area contributed by atoms with Gasteiger partial charge in [-0.3, -0.25) is 9.78 Å². The minimum absolute atomic E-state index is 0.252. The van der Waals surface area contributed by atoms with Gasteiger partial charge >= 0.3 is 0 Å². The molecular weight excluding hydrogens is 286 g/mol. The van der Waals surface area contributed by atoms with E-state index in [1.165, 1.54) is 0 Å². The first kappa shape index (κ1) is 13.5. The van der Waals surface area contributed by atoms with E-state index in [4.69, 9.17) is 11.6 Å². The highest BCUT2D eigenvalue weighted by molar-refractivity contribution is 6.33. The molecule has 0 fully saturated rings. The maximum atomic E-state index is 12.5. The minimum Gasteiger partial charge on any atom is -0.305 e. The van der Waals surface area contributed by atoms with Crippen LogP contribution in [0.15, 0.2) is 48.7 Å². The van der Waals surface area contributed by atoms with Gasteiger partial charge in [0.2, 0.25) is 0 Å². The second-order valence-electron chi connectivity index (χ2n) is 4.62. The largest absolute Gasteiger partial charge is 0.305 e. The standard InChI is InChI=1S/C16H12ClN3O/c1-10-9-12(11-5-2-3-7-14(11)19-10)16(21)20-15-13(17)6-4-8-18-15/h2-9H,1H3,(H,18,20,21). The van der Waals surface area contributed by atoms with Crippen LogP contribution in [0.3, 0.4) is 0 Å². The van der Waals surface area contributed by atoms with Gasteiger partial charge in [-0.25, -0.2) is 4.98 Å². The molecule has 1 amide bonds. The fourth-order valence-electron chi connectivity index (χ4n) is 2.15. The first-order chi connectivity index (χ1) is 10.1. The Hall–Kier alpha value is -2.46. The summed E-state index contributed by atoms with van der Waals surface area (Å²) in [4.78, 5) is 21.0. The van der Waals surface area contributed by atoms with Crippen molar-refractivity contribution in [3.8, 4) is 0 Å². The van der Waals surface area contributed by atoms with Crippen molar-refractivity contribution in [1.29, 1.82) is 0 Å². The number of aryl methyl sites for hydroxylation is 1. The Morgan fingerprint density at radius 1 is 1.19 bits per heavy atom. The SMILES string of the molecule is Cc1cc(C(=O)Nc2ncccc2Cl)c2ccccc2n1. The molecule has 0 aliphatic heterocycles. The highest BCUT2D eigenvalue weighted by Gasteiger charge is 2.13. The van der Waals surface area contributed by atoms with Crippen LogP contribution in [0.5, 0.6) is 0 Å². The third kappa shape index (κ3) is 2.71. The molecule has 0 aliphatic rings. The zero-order chi connectivity index (χ0) is 14.8. The van der Waals surface area contributed by atoms with Crippen molar-refractivity contribution >= 4 is 34.2 Å². The van der Waals surface area contributed by atoms with Gasteiger partial charge in [-0.1, -0.05) is 29.8 Å². The summed E-state index contributed by atoms with van der Waals surface area (Å²) in [7, 11) is 0. The van der Waals surface area contributed by atoms with Crippen LogP contribution in [0.4, 0.5) is 5.82 Å². The van der Waals surface area contributed by atoms with Gasteiger partial charge in [-0.05, 0) is 31.2 Å². The van der Waals surface area contributed by atoms with Gasteiger partial charge in [0, 0.05) is 17.3 Å². The number of para-hydroxylation sites is 1. The molecular formula is C16H12ClN3O. The lowest BCUT2D eigenvalue weighted by Gasteiger charge is -2.09. The monoisotopic (exact) mass is 297 g/mol. The lowest BCUT2D eigenvalue weighted by Crippen LogP contribution is -2.14. The van der Waals surface area contributed by atoms with Crippen LogP contribution in [0.2, 0.25) is 5.02 Å². The molecule has 0 unspecified atom stereocenters. The topological polar surface area (TPSA) is 54.9 Å². The van der Waals surface area contributed by atoms with Gasteiger partial charge in [0.15, 0.2) is 5.82 Å². The Balaban J connectivity index is 2.04. The van der Waals surface area contributed by atoms with Crippen molar-refractivity contribution in [2.24, 2.45) is 0 Å². The normalized spacial score (nSPS) is 10.6. The Morgan fingerprint density at radius 3 is 2.81 bits per heavy atom. The number of aromatic nitrogens is 2. The van der Waals surface area contributed by atoms with Gasteiger partial charge in [0.1, 0.15) is 0 Å². The highest BCUT2D eigenvalue weighted by Crippen LogP contribution is 2.22. The lowest BCUT2D eigenvalue weighted by atomic mass is 10.1. The molecule has 0 radical (unpaired) electrons.